The standard InChI is InChI=1S/C19H16FN7O3/c1-28-12-7-8-15(29-2)11(9-12)10-21-25-17-16(22-14-6-4-3-5-13(14)20)23-18-19(24-17)27-30-26-18/h3-10H,1-2H3,(H,22,23,26)(H,24,25,27)/b21-10-. The third-order valence-corrected chi connectivity index (χ3v) is 4.05. The van der Waals surface area contributed by atoms with Crippen molar-refractivity contribution in [3.63, 3.8) is 0 Å². The number of aromatic nitrogens is 4. The number of ether oxygens (including phenoxy) is 2. The number of halogens is 1. The van der Waals surface area contributed by atoms with E-state index in [1.807, 2.05) is 0 Å². The van der Waals surface area contributed by atoms with Crippen molar-refractivity contribution in [3.8, 4) is 11.5 Å². The summed E-state index contributed by atoms with van der Waals surface area (Å²) >= 11 is 0. The Morgan fingerprint density at radius 3 is 2.50 bits per heavy atom. The number of rotatable bonds is 7. The molecule has 30 heavy (non-hydrogen) atoms. The smallest absolute Gasteiger partial charge is 0.245 e. The molecule has 4 aromatic rings. The van der Waals surface area contributed by atoms with Gasteiger partial charge in [-0.2, -0.15) is 10.1 Å². The second-order valence-corrected chi connectivity index (χ2v) is 5.91. The van der Waals surface area contributed by atoms with Crippen LogP contribution in [0.15, 0.2) is 52.2 Å². The first-order valence-electron chi connectivity index (χ1n) is 8.71. The van der Waals surface area contributed by atoms with Crippen molar-refractivity contribution in [2.75, 3.05) is 25.0 Å². The Hall–Kier alpha value is -4.28. The highest BCUT2D eigenvalue weighted by Gasteiger charge is 2.14. The van der Waals surface area contributed by atoms with Gasteiger partial charge in [0.15, 0.2) is 11.6 Å². The molecule has 0 aliphatic carbocycles. The molecule has 0 bridgehead atoms. The van der Waals surface area contributed by atoms with Gasteiger partial charge in [-0.1, -0.05) is 12.1 Å². The van der Waals surface area contributed by atoms with Gasteiger partial charge in [0, 0.05) is 5.56 Å². The van der Waals surface area contributed by atoms with Crippen LogP contribution in [0, 0.1) is 5.82 Å². The quantitative estimate of drug-likeness (QED) is 0.350. The van der Waals surface area contributed by atoms with Crippen molar-refractivity contribution in [1.82, 2.24) is 20.3 Å². The Bertz CT molecular complexity index is 1210. The molecule has 2 N–H and O–H groups in total. The van der Waals surface area contributed by atoms with E-state index < -0.39 is 5.82 Å². The minimum absolute atomic E-state index is 0.165. The van der Waals surface area contributed by atoms with E-state index >= 15 is 0 Å². The summed E-state index contributed by atoms with van der Waals surface area (Å²) in [4.78, 5) is 8.54. The van der Waals surface area contributed by atoms with Crippen LogP contribution >= 0.6 is 0 Å². The summed E-state index contributed by atoms with van der Waals surface area (Å²) in [6, 6.07) is 11.5. The molecule has 152 valence electrons. The van der Waals surface area contributed by atoms with Gasteiger partial charge in [-0.3, -0.25) is 5.43 Å². The average molecular weight is 409 g/mol. The monoisotopic (exact) mass is 409 g/mol. The number of anilines is 3. The van der Waals surface area contributed by atoms with Crippen LogP contribution < -0.4 is 20.2 Å². The summed E-state index contributed by atoms with van der Waals surface area (Å²) in [5.74, 6) is 1.19. The van der Waals surface area contributed by atoms with Crippen LogP contribution in [0.5, 0.6) is 11.5 Å². The van der Waals surface area contributed by atoms with E-state index in [1.165, 1.54) is 12.3 Å². The largest absolute Gasteiger partial charge is 0.497 e. The SMILES string of the molecule is COc1ccc(OC)c(/C=N\Nc2nc3nonc3nc2Nc2ccccc2F)c1. The van der Waals surface area contributed by atoms with E-state index in [1.54, 1.807) is 50.6 Å². The maximum Gasteiger partial charge on any atom is 0.245 e. The van der Waals surface area contributed by atoms with Crippen LogP contribution in [0.3, 0.4) is 0 Å². The maximum atomic E-state index is 14.1. The zero-order chi connectivity index (χ0) is 20.9. The summed E-state index contributed by atoms with van der Waals surface area (Å²) in [6.07, 6.45) is 1.53. The number of para-hydroxylation sites is 1. The molecular weight excluding hydrogens is 393 g/mol. The Balaban J connectivity index is 1.65. The van der Waals surface area contributed by atoms with Crippen LogP contribution in [-0.2, 0) is 0 Å². The second kappa shape index (κ2) is 8.39. The van der Waals surface area contributed by atoms with Crippen LogP contribution in [-0.4, -0.2) is 40.7 Å². The highest BCUT2D eigenvalue weighted by atomic mass is 19.1. The number of hydrogen-bond donors (Lipinski definition) is 2. The van der Waals surface area contributed by atoms with Crippen molar-refractivity contribution < 1.29 is 18.5 Å². The molecular formula is C19H16FN7O3. The Morgan fingerprint density at radius 2 is 1.77 bits per heavy atom. The fraction of sp³-hybridized carbons (Fsp3) is 0.105. The number of hydrogen-bond acceptors (Lipinski definition) is 10. The van der Waals surface area contributed by atoms with Crippen LogP contribution in [0.25, 0.3) is 11.3 Å². The van der Waals surface area contributed by atoms with E-state index in [9.17, 15) is 4.39 Å². The van der Waals surface area contributed by atoms with Gasteiger partial charge in [0.2, 0.25) is 11.3 Å². The molecule has 0 radical (unpaired) electrons. The zero-order valence-electron chi connectivity index (χ0n) is 16.0. The van der Waals surface area contributed by atoms with E-state index in [-0.39, 0.29) is 28.6 Å². The lowest BCUT2D eigenvalue weighted by molar-refractivity contribution is 0.314. The van der Waals surface area contributed by atoms with E-state index in [2.05, 4.69) is 40.8 Å². The molecule has 0 atom stereocenters. The van der Waals surface area contributed by atoms with E-state index in [0.717, 1.165) is 0 Å². The number of methoxy groups -OCH3 is 2. The van der Waals surface area contributed by atoms with Gasteiger partial charge in [-0.15, -0.1) is 0 Å². The van der Waals surface area contributed by atoms with Gasteiger partial charge in [-0.25, -0.2) is 14.0 Å². The van der Waals surface area contributed by atoms with Crippen LogP contribution in [0.1, 0.15) is 5.56 Å². The van der Waals surface area contributed by atoms with Gasteiger partial charge in [-0.05, 0) is 40.6 Å². The maximum absolute atomic E-state index is 14.1. The van der Waals surface area contributed by atoms with Crippen molar-refractivity contribution in [2.45, 2.75) is 0 Å². The summed E-state index contributed by atoms with van der Waals surface area (Å²) in [6.45, 7) is 0. The average Bonchev–Trinajstić information content (AvgIpc) is 3.22. The van der Waals surface area contributed by atoms with Crippen molar-refractivity contribution in [1.29, 1.82) is 0 Å². The van der Waals surface area contributed by atoms with E-state index in [0.29, 0.717) is 17.1 Å². The van der Waals surface area contributed by atoms with Gasteiger partial charge in [0.1, 0.15) is 17.3 Å². The first kappa shape index (κ1) is 19.1. The van der Waals surface area contributed by atoms with Crippen molar-refractivity contribution in [3.05, 3.63) is 53.8 Å². The molecule has 0 saturated heterocycles. The van der Waals surface area contributed by atoms with Gasteiger partial charge < -0.3 is 14.8 Å². The number of fused-ring (bicyclic) bond motifs is 1. The predicted octanol–water partition coefficient (Wildman–Crippen LogP) is 3.36. The van der Waals surface area contributed by atoms with Crippen LogP contribution in [0.4, 0.5) is 21.7 Å². The Kier molecular flexibility index (Phi) is 5.33. The van der Waals surface area contributed by atoms with Gasteiger partial charge >= 0.3 is 0 Å². The molecule has 0 aliphatic rings. The second-order valence-electron chi connectivity index (χ2n) is 5.91. The normalized spacial score (nSPS) is 11.0. The topological polar surface area (TPSA) is 120 Å². The molecule has 0 saturated carbocycles. The molecule has 2 heterocycles. The van der Waals surface area contributed by atoms with Crippen molar-refractivity contribution >= 4 is 34.8 Å². The molecule has 0 fully saturated rings. The lowest BCUT2D eigenvalue weighted by atomic mass is 10.2. The Labute approximate surface area is 169 Å². The van der Waals surface area contributed by atoms with E-state index in [4.69, 9.17) is 9.47 Å². The number of hydrazone groups is 1. The highest BCUT2D eigenvalue weighted by molar-refractivity contribution is 5.85. The predicted molar refractivity (Wildman–Crippen MR) is 108 cm³/mol. The van der Waals surface area contributed by atoms with Crippen molar-refractivity contribution in [2.24, 2.45) is 5.10 Å². The minimum atomic E-state index is -0.451. The molecule has 0 spiro atoms. The Morgan fingerprint density at radius 1 is 1.00 bits per heavy atom. The summed E-state index contributed by atoms with van der Waals surface area (Å²) in [5.41, 5.74) is 4.00. The fourth-order valence-electron chi connectivity index (χ4n) is 2.60. The third-order valence-electron chi connectivity index (χ3n) is 4.05. The third kappa shape index (κ3) is 3.94. The molecule has 11 heteroatoms. The summed E-state index contributed by atoms with van der Waals surface area (Å²) in [7, 11) is 3.12. The summed E-state index contributed by atoms with van der Waals surface area (Å²) in [5, 5.41) is 14.4. The van der Waals surface area contributed by atoms with Gasteiger partial charge in [0.25, 0.3) is 0 Å². The molecule has 2 aromatic heterocycles. The summed E-state index contributed by atoms with van der Waals surface area (Å²) < 4.78 is 29.3. The molecule has 4 rings (SSSR count). The first-order chi connectivity index (χ1) is 14.7. The minimum Gasteiger partial charge on any atom is -0.497 e. The highest BCUT2D eigenvalue weighted by Crippen LogP contribution is 2.26. The number of nitrogens with zero attached hydrogens (tertiary/aromatic N) is 5. The molecule has 0 unspecified atom stereocenters. The molecule has 10 nitrogen and oxygen atoms in total. The number of nitrogens with one attached hydrogen (secondary N) is 2. The zero-order valence-corrected chi connectivity index (χ0v) is 16.0. The number of benzene rings is 2. The van der Waals surface area contributed by atoms with Gasteiger partial charge in [0.05, 0.1) is 26.1 Å². The fourth-order valence-corrected chi connectivity index (χ4v) is 2.60. The molecule has 0 amide bonds. The van der Waals surface area contributed by atoms with Crippen LogP contribution in [0.2, 0.25) is 0 Å². The molecule has 0 aliphatic heterocycles. The lowest BCUT2D eigenvalue weighted by Gasteiger charge is -2.10. The molecule has 2 aromatic carbocycles. The first-order valence-corrected chi connectivity index (χ1v) is 8.71. The lowest BCUT2D eigenvalue weighted by Crippen LogP contribution is -2.04.